The Balaban J connectivity index is 1.56. The van der Waals surface area contributed by atoms with Gasteiger partial charge in [-0.3, -0.25) is 14.5 Å². The van der Waals surface area contributed by atoms with E-state index in [2.05, 4.69) is 24.0 Å². The molecule has 1 unspecified atom stereocenters. The fourth-order valence-electron chi connectivity index (χ4n) is 3.66. The van der Waals surface area contributed by atoms with Gasteiger partial charge in [-0.1, -0.05) is 30.7 Å². The zero-order valence-corrected chi connectivity index (χ0v) is 16.0. The Labute approximate surface area is 159 Å². The molecule has 3 rings (SSSR count). The van der Waals surface area contributed by atoms with Crippen molar-refractivity contribution in [2.24, 2.45) is 0 Å². The zero-order chi connectivity index (χ0) is 18.5. The Morgan fingerprint density at radius 3 is 2.04 bits per heavy atom. The van der Waals surface area contributed by atoms with E-state index >= 15 is 0 Å². The van der Waals surface area contributed by atoms with Gasteiger partial charge in [-0.2, -0.15) is 0 Å². The highest BCUT2D eigenvalue weighted by atomic mass is 35.5. The number of ether oxygens (including phenoxy) is 1. The quantitative estimate of drug-likeness (QED) is 0.751. The van der Waals surface area contributed by atoms with Crippen molar-refractivity contribution in [3.8, 4) is 0 Å². The van der Waals surface area contributed by atoms with Crippen molar-refractivity contribution in [3.63, 3.8) is 0 Å². The number of nitrogens with zero attached hydrogens (tertiary/aromatic N) is 3. The molecule has 2 aliphatic rings. The zero-order valence-electron chi connectivity index (χ0n) is 15.2. The maximum absolute atomic E-state index is 12.5. The van der Waals surface area contributed by atoms with Gasteiger partial charge in [0.05, 0.1) is 13.2 Å². The van der Waals surface area contributed by atoms with E-state index in [1.807, 2.05) is 12.1 Å². The first-order chi connectivity index (χ1) is 12.6. The van der Waals surface area contributed by atoms with Crippen LogP contribution in [0.4, 0.5) is 0 Å². The number of hydrogen-bond donors (Lipinski definition) is 0. The number of halogens is 1. The van der Waals surface area contributed by atoms with Gasteiger partial charge in [-0.15, -0.1) is 0 Å². The molecule has 0 bridgehead atoms. The van der Waals surface area contributed by atoms with E-state index in [9.17, 15) is 9.59 Å². The molecule has 0 aromatic heterocycles. The summed E-state index contributed by atoms with van der Waals surface area (Å²) >= 11 is 5.99. The average molecular weight is 380 g/mol. The van der Waals surface area contributed by atoms with E-state index in [0.717, 1.165) is 24.5 Å². The van der Waals surface area contributed by atoms with E-state index in [1.54, 1.807) is 9.80 Å². The molecule has 0 N–H and O–H groups in total. The van der Waals surface area contributed by atoms with E-state index in [-0.39, 0.29) is 5.91 Å². The Morgan fingerprint density at radius 1 is 0.962 bits per heavy atom. The summed E-state index contributed by atoms with van der Waals surface area (Å²) in [5, 5.41) is 0.737. The lowest BCUT2D eigenvalue weighted by atomic mass is 10.0. The second kappa shape index (κ2) is 8.84. The van der Waals surface area contributed by atoms with E-state index in [0.29, 0.717) is 45.4 Å². The van der Waals surface area contributed by atoms with E-state index < -0.39 is 5.91 Å². The molecule has 2 amide bonds. The standard InChI is InChI=1S/C19H26ClN3O3/c1-2-17(15-3-5-16(20)6-4-15)21-7-9-22(10-8-21)18(24)19(25)23-11-13-26-14-12-23/h3-6,17H,2,7-14H2,1H3. The van der Waals surface area contributed by atoms with Crippen LogP contribution in [0.15, 0.2) is 24.3 Å². The summed E-state index contributed by atoms with van der Waals surface area (Å²) in [6.45, 7) is 6.87. The molecule has 1 atom stereocenters. The van der Waals surface area contributed by atoms with E-state index in [1.165, 1.54) is 5.56 Å². The molecule has 1 aromatic carbocycles. The number of carbonyl (C=O) groups excluding carboxylic acids is 2. The van der Waals surface area contributed by atoms with Gasteiger partial charge in [0, 0.05) is 50.3 Å². The molecular weight excluding hydrogens is 354 g/mol. The molecule has 0 saturated carbocycles. The molecule has 2 heterocycles. The minimum atomic E-state index is -0.397. The number of morpholine rings is 1. The fourth-order valence-corrected chi connectivity index (χ4v) is 3.79. The first-order valence-corrected chi connectivity index (χ1v) is 9.63. The highest BCUT2D eigenvalue weighted by molar-refractivity contribution is 6.35. The summed E-state index contributed by atoms with van der Waals surface area (Å²) in [6, 6.07) is 8.27. The summed E-state index contributed by atoms with van der Waals surface area (Å²) < 4.78 is 5.24. The molecule has 0 aliphatic carbocycles. The maximum atomic E-state index is 12.5. The van der Waals surface area contributed by atoms with Gasteiger partial charge in [-0.05, 0) is 24.1 Å². The molecule has 142 valence electrons. The van der Waals surface area contributed by atoms with Crippen LogP contribution in [0.2, 0.25) is 5.02 Å². The molecule has 1 aromatic rings. The number of rotatable bonds is 3. The predicted molar refractivity (Wildman–Crippen MR) is 100 cm³/mol. The minimum absolute atomic E-state index is 0.305. The summed E-state index contributed by atoms with van der Waals surface area (Å²) in [5.41, 5.74) is 1.24. The molecule has 7 heteroatoms. The monoisotopic (exact) mass is 379 g/mol. The van der Waals surface area contributed by atoms with Crippen LogP contribution < -0.4 is 0 Å². The van der Waals surface area contributed by atoms with Gasteiger partial charge in [0.25, 0.3) is 0 Å². The molecule has 2 aliphatic heterocycles. The maximum Gasteiger partial charge on any atom is 0.312 e. The third kappa shape index (κ3) is 4.37. The highest BCUT2D eigenvalue weighted by Gasteiger charge is 2.32. The molecular formula is C19H26ClN3O3. The van der Waals surface area contributed by atoms with Crippen LogP contribution in [0.25, 0.3) is 0 Å². The third-order valence-corrected chi connectivity index (χ3v) is 5.42. The highest BCUT2D eigenvalue weighted by Crippen LogP contribution is 2.26. The first kappa shape index (κ1) is 19.1. The lowest BCUT2D eigenvalue weighted by Crippen LogP contribution is -2.55. The Hall–Kier alpha value is -1.63. The summed E-state index contributed by atoms with van der Waals surface area (Å²) in [6.07, 6.45) is 0.988. The van der Waals surface area contributed by atoms with Crippen LogP contribution in [-0.2, 0) is 14.3 Å². The number of amides is 2. The van der Waals surface area contributed by atoms with Crippen LogP contribution in [0.5, 0.6) is 0 Å². The topological polar surface area (TPSA) is 53.1 Å². The molecule has 6 nitrogen and oxygen atoms in total. The van der Waals surface area contributed by atoms with Crippen molar-refractivity contribution in [2.75, 3.05) is 52.5 Å². The second-order valence-electron chi connectivity index (χ2n) is 6.71. The smallest absolute Gasteiger partial charge is 0.312 e. The first-order valence-electron chi connectivity index (χ1n) is 9.25. The average Bonchev–Trinajstić information content (AvgIpc) is 2.70. The van der Waals surface area contributed by atoms with Gasteiger partial charge in [0.15, 0.2) is 0 Å². The summed E-state index contributed by atoms with van der Waals surface area (Å²) in [4.78, 5) is 30.5. The Kier molecular flexibility index (Phi) is 6.51. The van der Waals surface area contributed by atoms with Gasteiger partial charge in [0.2, 0.25) is 0 Å². The molecule has 2 fully saturated rings. The SMILES string of the molecule is CCC(c1ccc(Cl)cc1)N1CCN(C(=O)C(=O)N2CCOCC2)CC1. The summed E-state index contributed by atoms with van der Waals surface area (Å²) in [5.74, 6) is -0.780. The molecule has 2 saturated heterocycles. The lowest BCUT2D eigenvalue weighted by Gasteiger charge is -2.39. The van der Waals surface area contributed by atoms with Gasteiger partial charge in [-0.25, -0.2) is 0 Å². The number of benzene rings is 1. The van der Waals surface area contributed by atoms with E-state index in [4.69, 9.17) is 16.3 Å². The van der Waals surface area contributed by atoms with Crippen LogP contribution in [-0.4, -0.2) is 79.0 Å². The van der Waals surface area contributed by atoms with Crippen molar-refractivity contribution in [1.82, 2.24) is 14.7 Å². The van der Waals surface area contributed by atoms with Crippen molar-refractivity contribution < 1.29 is 14.3 Å². The predicted octanol–water partition coefficient (Wildman–Crippen LogP) is 1.79. The van der Waals surface area contributed by atoms with Crippen LogP contribution in [0, 0.1) is 0 Å². The Morgan fingerprint density at radius 2 is 1.50 bits per heavy atom. The normalized spacial score (nSPS) is 20.1. The molecule has 0 spiro atoms. The van der Waals surface area contributed by atoms with Crippen molar-refractivity contribution >= 4 is 23.4 Å². The molecule has 26 heavy (non-hydrogen) atoms. The fraction of sp³-hybridized carbons (Fsp3) is 0.579. The van der Waals surface area contributed by atoms with Gasteiger partial charge in [0.1, 0.15) is 0 Å². The Bertz CT molecular complexity index is 623. The number of carbonyl (C=O) groups is 2. The van der Waals surface area contributed by atoms with Crippen LogP contribution in [0.1, 0.15) is 24.9 Å². The van der Waals surface area contributed by atoms with Crippen molar-refractivity contribution in [2.45, 2.75) is 19.4 Å². The lowest BCUT2D eigenvalue weighted by molar-refractivity contribution is -0.155. The summed E-state index contributed by atoms with van der Waals surface area (Å²) in [7, 11) is 0. The third-order valence-electron chi connectivity index (χ3n) is 5.16. The van der Waals surface area contributed by atoms with Crippen molar-refractivity contribution in [3.05, 3.63) is 34.9 Å². The number of piperazine rings is 1. The minimum Gasteiger partial charge on any atom is -0.378 e. The van der Waals surface area contributed by atoms with Gasteiger partial charge < -0.3 is 14.5 Å². The van der Waals surface area contributed by atoms with Crippen LogP contribution in [0.3, 0.4) is 0 Å². The molecule has 0 radical (unpaired) electrons. The van der Waals surface area contributed by atoms with Crippen molar-refractivity contribution in [1.29, 1.82) is 0 Å². The van der Waals surface area contributed by atoms with Gasteiger partial charge >= 0.3 is 11.8 Å². The largest absolute Gasteiger partial charge is 0.378 e. The second-order valence-corrected chi connectivity index (χ2v) is 7.14. The van der Waals surface area contributed by atoms with Crippen LogP contribution >= 0.6 is 11.6 Å². The number of hydrogen-bond acceptors (Lipinski definition) is 4.